The fourth-order valence-corrected chi connectivity index (χ4v) is 5.36. The van der Waals surface area contributed by atoms with Gasteiger partial charge in [0.15, 0.2) is 0 Å². The zero-order valence-corrected chi connectivity index (χ0v) is 23.1. The number of carbonyl (C=O) groups excluding carboxylic acids is 2. The highest BCUT2D eigenvalue weighted by atomic mass is 35.5. The van der Waals surface area contributed by atoms with Crippen molar-refractivity contribution in [1.29, 1.82) is 0 Å². The first-order valence-electron chi connectivity index (χ1n) is 12.2. The number of halogens is 2. The number of carbonyl (C=O) groups is 2. The van der Waals surface area contributed by atoms with Crippen LogP contribution in [-0.4, -0.2) is 44.3 Å². The molecule has 202 valence electrons. The molecule has 1 atom stereocenters. The summed E-state index contributed by atoms with van der Waals surface area (Å²) < 4.78 is 42.1. The number of aryl methyl sites for hydroxylation is 1. The fourth-order valence-electron chi connectivity index (χ4n) is 3.76. The third kappa shape index (κ3) is 7.11. The molecular formula is C28H31ClFN3O4S. The van der Waals surface area contributed by atoms with Crippen molar-refractivity contribution in [2.45, 2.75) is 44.7 Å². The van der Waals surface area contributed by atoms with Crippen molar-refractivity contribution in [2.24, 2.45) is 0 Å². The minimum Gasteiger partial charge on any atom is -0.354 e. The summed E-state index contributed by atoms with van der Waals surface area (Å²) in [7, 11) is -4.25. The van der Waals surface area contributed by atoms with E-state index in [0.29, 0.717) is 6.54 Å². The highest BCUT2D eigenvalue weighted by molar-refractivity contribution is 7.92. The number of hydrogen-bond donors (Lipinski definition) is 1. The Balaban J connectivity index is 2.02. The van der Waals surface area contributed by atoms with Gasteiger partial charge in [0.1, 0.15) is 18.4 Å². The molecule has 0 aliphatic carbocycles. The second-order valence-corrected chi connectivity index (χ2v) is 11.2. The average Bonchev–Trinajstić information content (AvgIpc) is 2.91. The van der Waals surface area contributed by atoms with E-state index in [1.54, 1.807) is 25.1 Å². The Morgan fingerprint density at radius 1 is 1.03 bits per heavy atom. The van der Waals surface area contributed by atoms with Gasteiger partial charge in [-0.05, 0) is 56.2 Å². The van der Waals surface area contributed by atoms with Gasteiger partial charge in [-0.15, -0.1) is 0 Å². The van der Waals surface area contributed by atoms with E-state index in [2.05, 4.69) is 5.32 Å². The van der Waals surface area contributed by atoms with Crippen molar-refractivity contribution < 1.29 is 22.4 Å². The minimum atomic E-state index is -4.25. The summed E-state index contributed by atoms with van der Waals surface area (Å²) >= 11 is 5.97. The van der Waals surface area contributed by atoms with Crippen molar-refractivity contribution >= 4 is 39.1 Å². The summed E-state index contributed by atoms with van der Waals surface area (Å²) in [6.45, 7) is 5.36. The normalized spacial score (nSPS) is 12.0. The zero-order chi connectivity index (χ0) is 27.9. The minimum absolute atomic E-state index is 0.0203. The van der Waals surface area contributed by atoms with E-state index in [1.165, 1.54) is 23.1 Å². The topological polar surface area (TPSA) is 86.8 Å². The number of nitrogens with zero attached hydrogens (tertiary/aromatic N) is 2. The van der Waals surface area contributed by atoms with E-state index < -0.39 is 34.3 Å². The van der Waals surface area contributed by atoms with Crippen molar-refractivity contribution in [3.8, 4) is 0 Å². The molecule has 0 fully saturated rings. The summed E-state index contributed by atoms with van der Waals surface area (Å²) in [6.07, 6.45) is 0.721. The molecule has 0 aliphatic rings. The Bertz CT molecular complexity index is 1370. The molecule has 3 rings (SSSR count). The van der Waals surface area contributed by atoms with Crippen LogP contribution in [-0.2, 0) is 26.2 Å². The summed E-state index contributed by atoms with van der Waals surface area (Å²) in [5.74, 6) is -1.68. The first-order valence-corrected chi connectivity index (χ1v) is 14.0. The lowest BCUT2D eigenvalue weighted by Gasteiger charge is -2.32. The molecular weight excluding hydrogens is 529 g/mol. The largest absolute Gasteiger partial charge is 0.354 e. The molecule has 0 radical (unpaired) electrons. The smallest absolute Gasteiger partial charge is 0.264 e. The van der Waals surface area contributed by atoms with Crippen LogP contribution >= 0.6 is 11.6 Å². The number of nitrogens with one attached hydrogen (secondary N) is 1. The Kier molecular flexibility index (Phi) is 9.88. The fraction of sp³-hybridized carbons (Fsp3) is 0.286. The number of sulfonamides is 1. The summed E-state index contributed by atoms with van der Waals surface area (Å²) in [5.41, 5.74) is 1.84. The standard InChI is InChI=1S/C28H31ClFN3O4S/c1-4-16-31-28(35)21(3)32(18-22-12-10-20(2)11-13-22)27(34)19-33(23-14-15-26(30)25(29)17-23)38(36,37)24-8-6-5-7-9-24/h5-15,17,21H,4,16,18-19H2,1-3H3,(H,31,35)/t21-/m0/s1. The summed E-state index contributed by atoms with van der Waals surface area (Å²) in [4.78, 5) is 27.9. The molecule has 0 saturated heterocycles. The Hall–Kier alpha value is -3.43. The lowest BCUT2D eigenvalue weighted by Crippen LogP contribution is -2.51. The van der Waals surface area contributed by atoms with Gasteiger partial charge in [0, 0.05) is 13.1 Å². The number of amides is 2. The van der Waals surface area contributed by atoms with E-state index in [1.807, 2.05) is 38.1 Å². The average molecular weight is 560 g/mol. The van der Waals surface area contributed by atoms with Gasteiger partial charge in [0.2, 0.25) is 11.8 Å². The highest BCUT2D eigenvalue weighted by Crippen LogP contribution is 2.28. The van der Waals surface area contributed by atoms with Crippen LogP contribution in [0, 0.1) is 12.7 Å². The number of rotatable bonds is 11. The molecule has 0 aliphatic heterocycles. The highest BCUT2D eigenvalue weighted by Gasteiger charge is 2.32. The maximum Gasteiger partial charge on any atom is 0.264 e. The van der Waals surface area contributed by atoms with Gasteiger partial charge in [-0.2, -0.15) is 0 Å². The lowest BCUT2D eigenvalue weighted by atomic mass is 10.1. The third-order valence-electron chi connectivity index (χ3n) is 5.99. The van der Waals surface area contributed by atoms with Crippen LogP contribution in [0.3, 0.4) is 0 Å². The summed E-state index contributed by atoms with van der Waals surface area (Å²) in [5, 5.41) is 2.51. The Labute approximate surface area is 228 Å². The molecule has 7 nitrogen and oxygen atoms in total. The van der Waals surface area contributed by atoms with Crippen molar-refractivity contribution in [2.75, 3.05) is 17.4 Å². The third-order valence-corrected chi connectivity index (χ3v) is 8.07. The molecule has 1 N–H and O–H groups in total. The van der Waals surface area contributed by atoms with Crippen LogP contribution in [0.1, 0.15) is 31.4 Å². The van der Waals surface area contributed by atoms with Crippen LogP contribution in [0.15, 0.2) is 77.7 Å². The van der Waals surface area contributed by atoms with Gasteiger partial charge < -0.3 is 10.2 Å². The van der Waals surface area contributed by atoms with E-state index >= 15 is 0 Å². The van der Waals surface area contributed by atoms with Crippen molar-refractivity contribution in [3.63, 3.8) is 0 Å². The molecule has 0 saturated carbocycles. The van der Waals surface area contributed by atoms with Crippen LogP contribution in [0.25, 0.3) is 0 Å². The van der Waals surface area contributed by atoms with Crippen LogP contribution in [0.2, 0.25) is 5.02 Å². The maximum absolute atomic E-state index is 13.9. The van der Waals surface area contributed by atoms with Gasteiger partial charge in [-0.3, -0.25) is 13.9 Å². The van der Waals surface area contributed by atoms with Crippen LogP contribution < -0.4 is 9.62 Å². The lowest BCUT2D eigenvalue weighted by molar-refractivity contribution is -0.139. The van der Waals surface area contributed by atoms with Gasteiger partial charge in [0.25, 0.3) is 10.0 Å². The predicted molar refractivity (Wildman–Crippen MR) is 147 cm³/mol. The summed E-state index contributed by atoms with van der Waals surface area (Å²) in [6, 6.07) is 17.7. The second kappa shape index (κ2) is 12.9. The molecule has 3 aromatic rings. The monoisotopic (exact) mass is 559 g/mol. The quantitative estimate of drug-likeness (QED) is 0.361. The van der Waals surface area contributed by atoms with Crippen molar-refractivity contribution in [1.82, 2.24) is 10.2 Å². The van der Waals surface area contributed by atoms with Crippen LogP contribution in [0.5, 0.6) is 0 Å². The molecule has 38 heavy (non-hydrogen) atoms. The van der Waals surface area contributed by atoms with Gasteiger partial charge in [0.05, 0.1) is 15.6 Å². The van der Waals surface area contributed by atoms with Gasteiger partial charge >= 0.3 is 0 Å². The van der Waals surface area contributed by atoms with Gasteiger partial charge in [-0.25, -0.2) is 12.8 Å². The van der Waals surface area contributed by atoms with Gasteiger partial charge in [-0.1, -0.05) is 66.6 Å². The first-order chi connectivity index (χ1) is 18.0. The first kappa shape index (κ1) is 29.1. The second-order valence-electron chi connectivity index (χ2n) is 8.90. The number of benzene rings is 3. The van der Waals surface area contributed by atoms with E-state index in [4.69, 9.17) is 11.6 Å². The molecule has 0 aromatic heterocycles. The molecule has 0 unspecified atom stereocenters. The number of hydrogen-bond acceptors (Lipinski definition) is 4. The van der Waals surface area contributed by atoms with E-state index in [0.717, 1.165) is 34.0 Å². The predicted octanol–water partition coefficient (Wildman–Crippen LogP) is 4.93. The molecule has 10 heteroatoms. The molecule has 0 bridgehead atoms. The maximum atomic E-state index is 13.9. The Morgan fingerprint density at radius 3 is 2.29 bits per heavy atom. The molecule has 2 amide bonds. The van der Waals surface area contributed by atoms with Crippen LogP contribution in [0.4, 0.5) is 10.1 Å². The zero-order valence-electron chi connectivity index (χ0n) is 21.5. The molecule has 3 aromatic carbocycles. The van der Waals surface area contributed by atoms with E-state index in [-0.39, 0.29) is 28.1 Å². The molecule has 0 spiro atoms. The molecule has 0 heterocycles. The SMILES string of the molecule is CCCNC(=O)[C@H](C)N(Cc1ccc(C)cc1)C(=O)CN(c1ccc(F)c(Cl)c1)S(=O)(=O)c1ccccc1. The Morgan fingerprint density at radius 2 is 1.68 bits per heavy atom. The van der Waals surface area contributed by atoms with E-state index in [9.17, 15) is 22.4 Å². The number of anilines is 1. The van der Waals surface area contributed by atoms with Crippen molar-refractivity contribution in [3.05, 3.63) is 94.8 Å².